The topological polar surface area (TPSA) is 60.7 Å². The number of hydrogen-bond donors (Lipinski definition) is 0. The van der Waals surface area contributed by atoms with E-state index in [-0.39, 0.29) is 0 Å². The van der Waals surface area contributed by atoms with E-state index in [0.29, 0.717) is 34.1 Å². The van der Waals surface area contributed by atoms with Gasteiger partial charge in [-0.25, -0.2) is 0 Å². The molecule has 0 radical (unpaired) electrons. The Morgan fingerprint density at radius 1 is 0.818 bits per heavy atom. The summed E-state index contributed by atoms with van der Waals surface area (Å²) in [5.41, 5.74) is 2.06. The third-order valence-electron chi connectivity index (χ3n) is 3.29. The molecule has 0 saturated heterocycles. The molecule has 0 spiro atoms. The minimum Gasteiger partial charge on any atom is -0.496 e. The molecule has 2 aromatic carbocycles. The van der Waals surface area contributed by atoms with Crippen LogP contribution in [0.3, 0.4) is 0 Å². The van der Waals surface area contributed by atoms with Crippen molar-refractivity contribution in [3.8, 4) is 40.2 Å². The lowest BCUT2D eigenvalue weighted by Gasteiger charge is -2.19. The first-order valence-electron chi connectivity index (χ1n) is 6.57. The highest BCUT2D eigenvalue weighted by molar-refractivity contribution is 5.82. The molecule has 0 unspecified atom stereocenters. The van der Waals surface area contributed by atoms with Crippen LogP contribution in [0.5, 0.6) is 23.0 Å². The minimum atomic E-state index is 0.475. The third-order valence-corrected chi connectivity index (χ3v) is 3.29. The largest absolute Gasteiger partial charge is 0.496 e. The lowest BCUT2D eigenvalue weighted by atomic mass is 10.0. The first-order valence-corrected chi connectivity index (χ1v) is 6.57. The molecule has 5 heteroatoms. The van der Waals surface area contributed by atoms with Crippen molar-refractivity contribution in [3.63, 3.8) is 0 Å². The molecular formula is C17H17NO4. The number of methoxy groups -OCH3 is 4. The Labute approximate surface area is 129 Å². The monoisotopic (exact) mass is 299 g/mol. The number of nitriles is 1. The number of nitrogens with zero attached hydrogens (tertiary/aromatic N) is 1. The van der Waals surface area contributed by atoms with Crippen molar-refractivity contribution in [1.82, 2.24) is 0 Å². The summed E-state index contributed by atoms with van der Waals surface area (Å²) >= 11 is 0. The molecule has 22 heavy (non-hydrogen) atoms. The molecule has 2 aromatic rings. The van der Waals surface area contributed by atoms with Crippen molar-refractivity contribution in [2.45, 2.75) is 0 Å². The molecule has 0 atom stereocenters. The Balaban J connectivity index is 2.80. The van der Waals surface area contributed by atoms with Gasteiger partial charge in [0.25, 0.3) is 0 Å². The van der Waals surface area contributed by atoms with E-state index in [1.54, 1.807) is 46.6 Å². The molecular weight excluding hydrogens is 282 g/mol. The van der Waals surface area contributed by atoms with E-state index in [1.165, 1.54) is 0 Å². The van der Waals surface area contributed by atoms with Gasteiger partial charge in [-0.1, -0.05) is 12.1 Å². The number of hydrogen-bond acceptors (Lipinski definition) is 5. The van der Waals surface area contributed by atoms with E-state index in [9.17, 15) is 0 Å². The van der Waals surface area contributed by atoms with Gasteiger partial charge in [-0.2, -0.15) is 5.26 Å². The first kappa shape index (κ1) is 15.5. The molecule has 0 saturated carbocycles. The van der Waals surface area contributed by atoms with E-state index < -0.39 is 0 Å². The molecule has 0 bridgehead atoms. The molecule has 0 fully saturated rings. The predicted octanol–water partition coefficient (Wildman–Crippen LogP) is 3.26. The summed E-state index contributed by atoms with van der Waals surface area (Å²) < 4.78 is 21.7. The zero-order valence-corrected chi connectivity index (χ0v) is 13.0. The van der Waals surface area contributed by atoms with Crippen LogP contribution in [0.15, 0.2) is 30.3 Å². The van der Waals surface area contributed by atoms with Crippen LogP contribution in [0.2, 0.25) is 0 Å². The van der Waals surface area contributed by atoms with E-state index >= 15 is 0 Å². The number of benzene rings is 2. The molecule has 0 aliphatic rings. The standard InChI is InChI=1S/C17H17NO4/c1-19-13-9-14(20-2)16(21-3)17(22-4)15(13)12-7-5-6-11(8-12)10-18/h5-9H,1-4H3. The highest BCUT2D eigenvalue weighted by Gasteiger charge is 2.22. The summed E-state index contributed by atoms with van der Waals surface area (Å²) in [6, 6.07) is 11.1. The van der Waals surface area contributed by atoms with Gasteiger partial charge in [0.1, 0.15) is 5.75 Å². The summed E-state index contributed by atoms with van der Waals surface area (Å²) in [6.45, 7) is 0. The fourth-order valence-corrected chi connectivity index (χ4v) is 2.31. The van der Waals surface area contributed by atoms with Gasteiger partial charge in [-0.05, 0) is 17.7 Å². The van der Waals surface area contributed by atoms with Crippen LogP contribution in [0.25, 0.3) is 11.1 Å². The van der Waals surface area contributed by atoms with Gasteiger partial charge in [0.15, 0.2) is 11.5 Å². The fraction of sp³-hybridized carbons (Fsp3) is 0.235. The van der Waals surface area contributed by atoms with Crippen LogP contribution in [-0.4, -0.2) is 28.4 Å². The lowest BCUT2D eigenvalue weighted by Crippen LogP contribution is -2.00. The van der Waals surface area contributed by atoms with Crippen LogP contribution < -0.4 is 18.9 Å². The second kappa shape index (κ2) is 6.72. The third kappa shape index (κ3) is 2.63. The first-order chi connectivity index (χ1) is 10.7. The fourth-order valence-electron chi connectivity index (χ4n) is 2.31. The van der Waals surface area contributed by atoms with Crippen molar-refractivity contribution < 1.29 is 18.9 Å². The molecule has 0 amide bonds. The predicted molar refractivity (Wildman–Crippen MR) is 82.8 cm³/mol. The lowest BCUT2D eigenvalue weighted by molar-refractivity contribution is 0.320. The van der Waals surface area contributed by atoms with Gasteiger partial charge in [-0.3, -0.25) is 0 Å². The van der Waals surface area contributed by atoms with Gasteiger partial charge in [-0.15, -0.1) is 0 Å². The normalized spacial score (nSPS) is 9.77. The zero-order chi connectivity index (χ0) is 16.1. The second-order valence-corrected chi connectivity index (χ2v) is 4.42. The summed E-state index contributed by atoms with van der Waals surface area (Å²) in [5.74, 6) is 2.05. The maximum Gasteiger partial charge on any atom is 0.204 e. The van der Waals surface area contributed by atoms with Crippen LogP contribution in [0, 0.1) is 11.3 Å². The van der Waals surface area contributed by atoms with Crippen LogP contribution in [-0.2, 0) is 0 Å². The summed E-state index contributed by atoms with van der Waals surface area (Å²) in [5, 5.41) is 9.09. The summed E-state index contributed by atoms with van der Waals surface area (Å²) in [7, 11) is 6.21. The summed E-state index contributed by atoms with van der Waals surface area (Å²) in [4.78, 5) is 0. The Morgan fingerprint density at radius 2 is 1.50 bits per heavy atom. The van der Waals surface area contributed by atoms with Gasteiger partial charge in [0.05, 0.1) is 45.6 Å². The maximum atomic E-state index is 9.09. The molecule has 0 aliphatic heterocycles. The van der Waals surface area contributed by atoms with Crippen molar-refractivity contribution >= 4 is 0 Å². The SMILES string of the molecule is COc1cc(OC)c(-c2cccc(C#N)c2)c(OC)c1OC. The molecule has 0 N–H and O–H groups in total. The number of ether oxygens (including phenoxy) is 4. The van der Waals surface area contributed by atoms with Crippen molar-refractivity contribution in [2.75, 3.05) is 28.4 Å². The van der Waals surface area contributed by atoms with E-state index in [2.05, 4.69) is 6.07 Å². The average molecular weight is 299 g/mol. The maximum absolute atomic E-state index is 9.09. The van der Waals surface area contributed by atoms with E-state index in [4.69, 9.17) is 24.2 Å². The molecule has 114 valence electrons. The van der Waals surface area contributed by atoms with Crippen LogP contribution in [0.4, 0.5) is 0 Å². The quantitative estimate of drug-likeness (QED) is 0.848. The van der Waals surface area contributed by atoms with Crippen molar-refractivity contribution in [1.29, 1.82) is 5.26 Å². The molecule has 0 aliphatic carbocycles. The van der Waals surface area contributed by atoms with E-state index in [0.717, 1.165) is 5.56 Å². The van der Waals surface area contributed by atoms with Crippen molar-refractivity contribution in [3.05, 3.63) is 35.9 Å². The number of rotatable bonds is 5. The highest BCUT2D eigenvalue weighted by atomic mass is 16.5. The molecule has 0 heterocycles. The Hall–Kier alpha value is -2.87. The van der Waals surface area contributed by atoms with E-state index in [1.807, 2.05) is 12.1 Å². The Kier molecular flexibility index (Phi) is 4.74. The minimum absolute atomic E-state index is 0.475. The van der Waals surface area contributed by atoms with Crippen LogP contribution in [0.1, 0.15) is 5.56 Å². The van der Waals surface area contributed by atoms with Gasteiger partial charge in [0, 0.05) is 6.07 Å². The smallest absolute Gasteiger partial charge is 0.204 e. The molecule has 5 nitrogen and oxygen atoms in total. The second-order valence-electron chi connectivity index (χ2n) is 4.42. The zero-order valence-electron chi connectivity index (χ0n) is 13.0. The molecule has 0 aromatic heterocycles. The Morgan fingerprint density at radius 3 is 2.05 bits per heavy atom. The van der Waals surface area contributed by atoms with Gasteiger partial charge in [0.2, 0.25) is 5.75 Å². The van der Waals surface area contributed by atoms with Crippen LogP contribution >= 0.6 is 0 Å². The Bertz CT molecular complexity index is 719. The van der Waals surface area contributed by atoms with Crippen molar-refractivity contribution in [2.24, 2.45) is 0 Å². The van der Waals surface area contributed by atoms with Gasteiger partial charge < -0.3 is 18.9 Å². The van der Waals surface area contributed by atoms with Gasteiger partial charge >= 0.3 is 0 Å². The average Bonchev–Trinajstić information content (AvgIpc) is 2.59. The summed E-state index contributed by atoms with van der Waals surface area (Å²) in [6.07, 6.45) is 0. The molecule has 2 rings (SSSR count). The highest BCUT2D eigenvalue weighted by Crippen LogP contribution is 2.49.